The van der Waals surface area contributed by atoms with Gasteiger partial charge >= 0.3 is 5.97 Å². The summed E-state index contributed by atoms with van der Waals surface area (Å²) in [5, 5.41) is 6.77. The maximum Gasteiger partial charge on any atom is 0.337 e. The highest BCUT2D eigenvalue weighted by molar-refractivity contribution is 6.12. The van der Waals surface area contributed by atoms with Crippen LogP contribution in [-0.4, -0.2) is 61.4 Å². The zero-order chi connectivity index (χ0) is 31.4. The monoisotopic (exact) mass is 607 g/mol. The van der Waals surface area contributed by atoms with Crippen molar-refractivity contribution in [3.05, 3.63) is 118 Å². The van der Waals surface area contributed by atoms with Crippen molar-refractivity contribution in [1.29, 1.82) is 0 Å². The van der Waals surface area contributed by atoms with Crippen LogP contribution >= 0.6 is 0 Å². The smallest absolute Gasteiger partial charge is 0.337 e. The lowest BCUT2D eigenvalue weighted by atomic mass is 9.78. The number of aryl methyl sites for hydroxylation is 2. The summed E-state index contributed by atoms with van der Waals surface area (Å²) in [7, 11) is 0. The highest BCUT2D eigenvalue weighted by atomic mass is 16.5. The van der Waals surface area contributed by atoms with Crippen LogP contribution in [0, 0.1) is 6.92 Å². The number of rotatable bonds is 11. The van der Waals surface area contributed by atoms with Crippen LogP contribution in [0.4, 0.5) is 11.4 Å². The van der Waals surface area contributed by atoms with Gasteiger partial charge in [-0.15, -0.1) is 0 Å². The number of hydrogen-bond acceptors (Lipinski definition) is 7. The third-order valence-corrected chi connectivity index (χ3v) is 8.82. The second-order valence-electron chi connectivity index (χ2n) is 11.7. The molecule has 3 heterocycles. The Bertz CT molecular complexity index is 1590. The van der Waals surface area contributed by atoms with Gasteiger partial charge < -0.3 is 24.8 Å². The fourth-order valence-electron chi connectivity index (χ4n) is 6.55. The molecule has 3 aliphatic rings. The van der Waals surface area contributed by atoms with Gasteiger partial charge in [0, 0.05) is 31.0 Å². The van der Waals surface area contributed by atoms with Crippen LogP contribution in [0.2, 0.25) is 0 Å². The number of nitrogens with one attached hydrogen (secondary N) is 2. The Balaban J connectivity index is 1.41. The standard InChI is InChI=1S/C37H41N3O5/c1-4-27-11-9-10-25(3)33(27)39-35(41)31-30-18-19-37(45-30,32(31)36(42)44-5-2)34(38-29-12-7-6-8-13-29)28-16-14-26(15-17-28)24-40-20-22-43-23-21-40/h6-19,30,34,38H,4-5,20-24H2,1-3H3,(H,39,41). The zero-order valence-corrected chi connectivity index (χ0v) is 26.2. The van der Waals surface area contributed by atoms with Gasteiger partial charge in [-0.25, -0.2) is 4.79 Å². The summed E-state index contributed by atoms with van der Waals surface area (Å²) in [5.74, 6) is -0.920. The molecule has 234 valence electrons. The van der Waals surface area contributed by atoms with E-state index in [-0.39, 0.29) is 23.7 Å². The summed E-state index contributed by atoms with van der Waals surface area (Å²) in [6.07, 6.45) is 3.85. The zero-order valence-electron chi connectivity index (χ0n) is 26.2. The highest BCUT2D eigenvalue weighted by Crippen LogP contribution is 2.51. The second kappa shape index (κ2) is 13.4. The van der Waals surface area contributed by atoms with E-state index in [1.807, 2.05) is 67.6 Å². The van der Waals surface area contributed by atoms with E-state index in [0.717, 1.165) is 67.3 Å². The highest BCUT2D eigenvalue weighted by Gasteiger charge is 2.58. The Hall–Kier alpha value is -4.24. The fourth-order valence-corrected chi connectivity index (χ4v) is 6.55. The summed E-state index contributed by atoms with van der Waals surface area (Å²) >= 11 is 0. The molecule has 3 atom stereocenters. The first-order valence-electron chi connectivity index (χ1n) is 15.8. The second-order valence-corrected chi connectivity index (χ2v) is 11.7. The SMILES string of the molecule is CCOC(=O)C1=C(C(=O)Nc2c(C)cccc2CC)C2C=CC1(C(Nc1ccccc1)c1ccc(CN3CCOCC3)cc1)O2. The Kier molecular flexibility index (Phi) is 9.16. The Morgan fingerprint density at radius 3 is 2.47 bits per heavy atom. The first-order chi connectivity index (χ1) is 21.9. The third kappa shape index (κ3) is 6.18. The quantitative estimate of drug-likeness (QED) is 0.212. The van der Waals surface area contributed by atoms with E-state index in [1.54, 1.807) is 6.92 Å². The van der Waals surface area contributed by atoms with Crippen LogP contribution in [0.3, 0.4) is 0 Å². The maximum atomic E-state index is 14.1. The van der Waals surface area contributed by atoms with Gasteiger partial charge in [-0.3, -0.25) is 9.69 Å². The number of carbonyl (C=O) groups is 2. The van der Waals surface area contributed by atoms with E-state index in [1.165, 1.54) is 5.56 Å². The average molecular weight is 608 g/mol. The first-order valence-corrected chi connectivity index (χ1v) is 15.8. The lowest BCUT2D eigenvalue weighted by Gasteiger charge is -2.36. The number of ether oxygens (including phenoxy) is 3. The lowest BCUT2D eigenvalue weighted by Crippen LogP contribution is -2.42. The molecule has 2 bridgehead atoms. The van der Waals surface area contributed by atoms with Gasteiger partial charge in [0.15, 0.2) is 0 Å². The van der Waals surface area contributed by atoms with Crippen molar-refractivity contribution >= 4 is 23.3 Å². The number of fused-ring (bicyclic) bond motifs is 2. The van der Waals surface area contributed by atoms with Crippen LogP contribution in [0.25, 0.3) is 0 Å². The predicted molar refractivity (Wildman–Crippen MR) is 175 cm³/mol. The number of hydrogen-bond donors (Lipinski definition) is 2. The Labute approximate surface area is 265 Å². The molecule has 8 heteroatoms. The van der Waals surface area contributed by atoms with E-state index in [9.17, 15) is 9.59 Å². The number of esters is 1. The van der Waals surface area contributed by atoms with Gasteiger partial charge in [-0.05, 0) is 60.7 Å². The van der Waals surface area contributed by atoms with E-state index in [2.05, 4.69) is 46.7 Å². The lowest BCUT2D eigenvalue weighted by molar-refractivity contribution is -0.140. The van der Waals surface area contributed by atoms with Crippen molar-refractivity contribution in [1.82, 2.24) is 4.90 Å². The molecule has 1 saturated heterocycles. The van der Waals surface area contributed by atoms with Crippen LogP contribution < -0.4 is 10.6 Å². The van der Waals surface area contributed by atoms with Crippen LogP contribution in [0.15, 0.2) is 96.1 Å². The number of anilines is 2. The number of benzene rings is 3. The molecule has 3 aliphatic heterocycles. The van der Waals surface area contributed by atoms with Gasteiger partial charge in [-0.2, -0.15) is 0 Å². The molecular formula is C37H41N3O5. The molecule has 0 radical (unpaired) electrons. The number of morpholine rings is 1. The van der Waals surface area contributed by atoms with Gasteiger partial charge in [0.05, 0.1) is 37.0 Å². The average Bonchev–Trinajstić information content (AvgIpc) is 3.64. The van der Waals surface area contributed by atoms with Gasteiger partial charge in [0.1, 0.15) is 11.7 Å². The molecule has 0 spiro atoms. The van der Waals surface area contributed by atoms with Crippen LogP contribution in [0.1, 0.15) is 42.1 Å². The van der Waals surface area contributed by atoms with Gasteiger partial charge in [0.25, 0.3) is 5.91 Å². The van der Waals surface area contributed by atoms with Crippen LogP contribution in [0.5, 0.6) is 0 Å². The molecule has 3 aromatic carbocycles. The topological polar surface area (TPSA) is 89.1 Å². The normalized spacial score (nSPS) is 21.5. The molecule has 3 unspecified atom stereocenters. The predicted octanol–water partition coefficient (Wildman–Crippen LogP) is 5.75. The molecular weight excluding hydrogens is 566 g/mol. The van der Waals surface area contributed by atoms with Gasteiger partial charge in [0.2, 0.25) is 0 Å². The minimum Gasteiger partial charge on any atom is -0.463 e. The summed E-state index contributed by atoms with van der Waals surface area (Å²) in [4.78, 5) is 30.3. The van der Waals surface area contributed by atoms with Crippen molar-refractivity contribution in [2.45, 2.75) is 51.5 Å². The van der Waals surface area contributed by atoms with Crippen molar-refractivity contribution in [2.75, 3.05) is 43.5 Å². The fraction of sp³-hybridized carbons (Fsp3) is 0.351. The Morgan fingerprint density at radius 1 is 1.00 bits per heavy atom. The molecule has 1 fully saturated rings. The molecule has 0 saturated carbocycles. The van der Waals surface area contributed by atoms with Gasteiger partial charge in [-0.1, -0.05) is 73.7 Å². The minimum absolute atomic E-state index is 0.173. The molecule has 1 amide bonds. The molecule has 6 rings (SSSR count). The van der Waals surface area contributed by atoms with Crippen molar-refractivity contribution in [3.8, 4) is 0 Å². The molecule has 0 aromatic heterocycles. The van der Waals surface area contributed by atoms with Crippen LogP contribution in [-0.2, 0) is 36.8 Å². The van der Waals surface area contributed by atoms with Crippen molar-refractivity contribution < 1.29 is 23.8 Å². The molecule has 0 aliphatic carbocycles. The number of nitrogens with zero attached hydrogens (tertiary/aromatic N) is 1. The number of para-hydroxylation sites is 2. The number of amides is 1. The maximum absolute atomic E-state index is 14.1. The summed E-state index contributed by atoms with van der Waals surface area (Å²) in [6.45, 7) is 10.1. The van der Waals surface area contributed by atoms with E-state index in [0.29, 0.717) is 0 Å². The Morgan fingerprint density at radius 2 is 1.76 bits per heavy atom. The summed E-state index contributed by atoms with van der Waals surface area (Å²) < 4.78 is 17.8. The minimum atomic E-state index is -1.27. The van der Waals surface area contributed by atoms with E-state index < -0.39 is 23.7 Å². The number of carbonyl (C=O) groups excluding carboxylic acids is 2. The molecule has 2 N–H and O–H groups in total. The summed E-state index contributed by atoms with van der Waals surface area (Å²) in [6, 6.07) is 23.7. The van der Waals surface area contributed by atoms with Crippen molar-refractivity contribution in [2.24, 2.45) is 0 Å². The summed E-state index contributed by atoms with van der Waals surface area (Å²) in [5.41, 5.74) is 4.95. The first kappa shape index (κ1) is 30.8. The van der Waals surface area contributed by atoms with E-state index >= 15 is 0 Å². The van der Waals surface area contributed by atoms with Crippen molar-refractivity contribution in [3.63, 3.8) is 0 Å². The molecule has 3 aromatic rings. The van der Waals surface area contributed by atoms with E-state index in [4.69, 9.17) is 14.2 Å². The largest absolute Gasteiger partial charge is 0.463 e. The third-order valence-electron chi connectivity index (χ3n) is 8.82. The molecule has 45 heavy (non-hydrogen) atoms. The molecule has 8 nitrogen and oxygen atoms in total.